The molecule has 0 saturated heterocycles. The van der Waals surface area contributed by atoms with Crippen molar-refractivity contribution in [2.75, 3.05) is 7.11 Å². The number of esters is 2. The van der Waals surface area contributed by atoms with Crippen molar-refractivity contribution >= 4 is 11.9 Å². The van der Waals surface area contributed by atoms with Crippen LogP contribution in [0.15, 0.2) is 23.5 Å². The highest BCUT2D eigenvalue weighted by Crippen LogP contribution is 2.00. The van der Waals surface area contributed by atoms with E-state index in [0.29, 0.717) is 5.57 Å². The molecule has 0 rings (SSSR count). The highest BCUT2D eigenvalue weighted by atomic mass is 16.5. The topological polar surface area (TPSA) is 52.6 Å². The zero-order chi connectivity index (χ0) is 11.1. The lowest BCUT2D eigenvalue weighted by Crippen LogP contribution is -2.05. The van der Waals surface area contributed by atoms with E-state index in [2.05, 4.69) is 4.74 Å². The highest BCUT2D eigenvalue weighted by Gasteiger charge is 2.06. The van der Waals surface area contributed by atoms with E-state index >= 15 is 0 Å². The molecule has 0 fully saturated rings. The summed E-state index contributed by atoms with van der Waals surface area (Å²) < 4.78 is 9.13. The van der Waals surface area contributed by atoms with Crippen molar-refractivity contribution in [3.63, 3.8) is 0 Å². The molecule has 0 unspecified atom stereocenters. The van der Waals surface area contributed by atoms with Crippen LogP contribution in [-0.2, 0) is 19.1 Å². The van der Waals surface area contributed by atoms with Gasteiger partial charge in [-0.1, -0.05) is 6.08 Å². The Morgan fingerprint density at radius 1 is 1.07 bits per heavy atom. The van der Waals surface area contributed by atoms with E-state index in [1.807, 2.05) is 0 Å². The maximum Gasteiger partial charge on any atom is 0.338 e. The van der Waals surface area contributed by atoms with Crippen molar-refractivity contribution in [3.8, 4) is 0 Å². The first-order valence-electron chi connectivity index (χ1n) is 4.12. The summed E-state index contributed by atoms with van der Waals surface area (Å²) in [7, 11) is 1.26. The molecule has 0 aliphatic carbocycles. The van der Waals surface area contributed by atoms with Crippen LogP contribution in [0.3, 0.4) is 0 Å². The van der Waals surface area contributed by atoms with Crippen molar-refractivity contribution in [1.82, 2.24) is 0 Å². The lowest BCUT2D eigenvalue weighted by Gasteiger charge is -2.00. The Bertz CT molecular complexity index is 286. The van der Waals surface area contributed by atoms with E-state index in [0.717, 1.165) is 6.26 Å². The zero-order valence-corrected chi connectivity index (χ0v) is 8.79. The Kier molecular flexibility index (Phi) is 5.29. The number of allylic oxidation sites excluding steroid dienone is 1. The van der Waals surface area contributed by atoms with Gasteiger partial charge in [-0.25, -0.2) is 9.59 Å². The van der Waals surface area contributed by atoms with Crippen LogP contribution in [0.4, 0.5) is 0 Å². The van der Waals surface area contributed by atoms with Gasteiger partial charge in [0.2, 0.25) is 0 Å². The van der Waals surface area contributed by atoms with Crippen LogP contribution in [0.25, 0.3) is 0 Å². The van der Waals surface area contributed by atoms with E-state index < -0.39 is 11.9 Å². The largest absolute Gasteiger partial charge is 0.466 e. The molecule has 0 spiro atoms. The predicted octanol–water partition coefficient (Wildman–Crippen LogP) is 1.57. The smallest absolute Gasteiger partial charge is 0.338 e. The van der Waals surface area contributed by atoms with Gasteiger partial charge in [0.15, 0.2) is 0 Å². The van der Waals surface area contributed by atoms with Gasteiger partial charge in [-0.2, -0.15) is 0 Å². The standard InChI is InChI=1S/C10H14O4/c1-5-7(2)10(12)14-6-8(3)9(11)13-4/h5-6H,1-4H3. The van der Waals surface area contributed by atoms with Crippen molar-refractivity contribution in [3.05, 3.63) is 23.5 Å². The number of hydrogen-bond acceptors (Lipinski definition) is 4. The van der Waals surface area contributed by atoms with Crippen LogP contribution in [-0.4, -0.2) is 19.0 Å². The molecule has 0 aromatic carbocycles. The summed E-state index contributed by atoms with van der Waals surface area (Å²) in [5.74, 6) is -0.994. The maximum atomic E-state index is 11.1. The average molecular weight is 198 g/mol. The van der Waals surface area contributed by atoms with Gasteiger partial charge in [0.1, 0.15) is 6.26 Å². The minimum Gasteiger partial charge on any atom is -0.466 e. The maximum absolute atomic E-state index is 11.1. The second-order valence-electron chi connectivity index (χ2n) is 2.67. The molecule has 0 atom stereocenters. The van der Waals surface area contributed by atoms with Crippen molar-refractivity contribution in [2.45, 2.75) is 20.8 Å². The van der Waals surface area contributed by atoms with Gasteiger partial charge in [0.05, 0.1) is 12.7 Å². The molecule has 0 saturated carbocycles. The fourth-order valence-electron chi connectivity index (χ4n) is 0.562. The third-order valence-corrected chi connectivity index (χ3v) is 1.61. The minimum absolute atomic E-state index is 0.241. The Morgan fingerprint density at radius 3 is 2.07 bits per heavy atom. The van der Waals surface area contributed by atoms with Gasteiger partial charge in [0, 0.05) is 5.57 Å². The van der Waals surface area contributed by atoms with E-state index in [4.69, 9.17) is 4.74 Å². The summed E-state index contributed by atoms with van der Waals surface area (Å²) in [6.45, 7) is 4.86. The molecule has 0 aromatic rings. The van der Waals surface area contributed by atoms with Gasteiger partial charge in [-0.05, 0) is 20.8 Å². The van der Waals surface area contributed by atoms with Crippen molar-refractivity contribution in [1.29, 1.82) is 0 Å². The third kappa shape index (κ3) is 3.89. The van der Waals surface area contributed by atoms with Gasteiger partial charge >= 0.3 is 11.9 Å². The number of hydrogen-bond donors (Lipinski definition) is 0. The van der Waals surface area contributed by atoms with Crippen molar-refractivity contribution in [2.24, 2.45) is 0 Å². The van der Waals surface area contributed by atoms with Crippen LogP contribution in [0.1, 0.15) is 20.8 Å². The van der Waals surface area contributed by atoms with Gasteiger partial charge in [-0.3, -0.25) is 0 Å². The Hall–Kier alpha value is -1.58. The van der Waals surface area contributed by atoms with E-state index in [1.54, 1.807) is 19.9 Å². The summed E-state index contributed by atoms with van der Waals surface area (Å²) in [6, 6.07) is 0. The molecule has 0 N–H and O–H groups in total. The second-order valence-corrected chi connectivity index (χ2v) is 2.67. The monoisotopic (exact) mass is 198 g/mol. The quantitative estimate of drug-likeness (QED) is 0.392. The molecule has 0 heterocycles. The second kappa shape index (κ2) is 5.96. The molecule has 0 aliphatic rings. The van der Waals surface area contributed by atoms with Crippen LogP contribution in [0.5, 0.6) is 0 Å². The number of ether oxygens (including phenoxy) is 2. The predicted molar refractivity (Wildman–Crippen MR) is 51.3 cm³/mol. The van der Waals surface area contributed by atoms with E-state index in [-0.39, 0.29) is 5.57 Å². The molecule has 0 amide bonds. The molecular weight excluding hydrogens is 184 g/mol. The molecule has 0 aliphatic heterocycles. The van der Waals surface area contributed by atoms with Crippen LogP contribution >= 0.6 is 0 Å². The molecule has 4 heteroatoms. The number of carbonyl (C=O) groups excluding carboxylic acids is 2. The summed E-state index contributed by atoms with van der Waals surface area (Å²) in [4.78, 5) is 22.0. The summed E-state index contributed by atoms with van der Waals surface area (Å²) in [5.41, 5.74) is 0.726. The Balaban J connectivity index is 4.30. The SMILES string of the molecule is CC=C(C)C(=O)OC=C(C)C(=O)OC. The van der Waals surface area contributed by atoms with E-state index in [9.17, 15) is 9.59 Å². The summed E-state index contributed by atoms with van der Waals surface area (Å²) >= 11 is 0. The lowest BCUT2D eigenvalue weighted by molar-refractivity contribution is -0.136. The highest BCUT2D eigenvalue weighted by molar-refractivity contribution is 5.90. The molecule has 0 radical (unpaired) electrons. The Morgan fingerprint density at radius 2 is 1.64 bits per heavy atom. The first-order valence-corrected chi connectivity index (χ1v) is 4.12. The zero-order valence-electron chi connectivity index (χ0n) is 8.79. The molecular formula is C10H14O4. The van der Waals surface area contributed by atoms with Crippen LogP contribution in [0.2, 0.25) is 0 Å². The van der Waals surface area contributed by atoms with Gasteiger partial charge < -0.3 is 9.47 Å². The molecule has 78 valence electrons. The van der Waals surface area contributed by atoms with E-state index in [1.165, 1.54) is 14.0 Å². The van der Waals surface area contributed by atoms with Crippen molar-refractivity contribution < 1.29 is 19.1 Å². The Labute approximate surface area is 83.2 Å². The van der Waals surface area contributed by atoms with Crippen LogP contribution in [0, 0.1) is 0 Å². The first-order chi connectivity index (χ1) is 6.52. The number of rotatable bonds is 3. The minimum atomic E-state index is -0.518. The summed E-state index contributed by atoms with van der Waals surface area (Å²) in [5, 5.41) is 0. The number of carbonyl (C=O) groups is 2. The normalized spacial score (nSPS) is 12.3. The third-order valence-electron chi connectivity index (χ3n) is 1.61. The van der Waals surface area contributed by atoms with Gasteiger partial charge in [-0.15, -0.1) is 0 Å². The van der Waals surface area contributed by atoms with Crippen LogP contribution < -0.4 is 0 Å². The summed E-state index contributed by atoms with van der Waals surface area (Å²) in [6.07, 6.45) is 2.71. The first kappa shape index (κ1) is 12.4. The molecule has 0 aromatic heterocycles. The average Bonchev–Trinajstić information content (AvgIpc) is 2.22. The fourth-order valence-corrected chi connectivity index (χ4v) is 0.562. The van der Waals surface area contributed by atoms with Gasteiger partial charge in [0.25, 0.3) is 0 Å². The lowest BCUT2D eigenvalue weighted by atomic mass is 10.3. The molecule has 0 bridgehead atoms. The number of methoxy groups -OCH3 is 1. The molecule has 4 nitrogen and oxygen atoms in total. The molecule has 14 heavy (non-hydrogen) atoms. The fraction of sp³-hybridized carbons (Fsp3) is 0.400.